The van der Waals surface area contributed by atoms with Crippen LogP contribution in [-0.2, 0) is 17.9 Å². The zero-order chi connectivity index (χ0) is 18.4. The van der Waals surface area contributed by atoms with Crippen molar-refractivity contribution in [1.82, 2.24) is 10.4 Å². The number of rotatable bonds is 7. The van der Waals surface area contributed by atoms with E-state index in [-0.39, 0.29) is 26.1 Å². The molecule has 0 fully saturated rings. The third-order valence-corrected chi connectivity index (χ3v) is 3.61. The number of hydroxylamine groups is 1. The molecule has 0 aliphatic rings. The number of halogens is 2. The molecule has 8 heteroatoms. The van der Waals surface area contributed by atoms with Gasteiger partial charge in [0.25, 0.3) is 0 Å². The topological polar surface area (TPSA) is 93.0 Å². The van der Waals surface area contributed by atoms with E-state index >= 15 is 0 Å². The minimum Gasteiger partial charge on any atom is -0.505 e. The molecule has 0 saturated heterocycles. The zero-order valence-electron chi connectivity index (χ0n) is 13.2. The van der Waals surface area contributed by atoms with Gasteiger partial charge in [-0.05, 0) is 35.4 Å². The number of phenolic OH excluding ortho intramolecular Hbond substituents is 2. The molecular weight excluding hydrogens is 334 g/mol. The number of carbonyl (C=O) groups is 1. The Morgan fingerprint density at radius 3 is 1.84 bits per heavy atom. The van der Waals surface area contributed by atoms with Gasteiger partial charge < -0.3 is 10.2 Å². The van der Waals surface area contributed by atoms with Crippen LogP contribution in [-0.4, -0.2) is 32.8 Å². The molecule has 0 radical (unpaired) electrons. The second kappa shape index (κ2) is 8.41. The quantitative estimate of drug-likeness (QED) is 0.453. The van der Waals surface area contributed by atoms with Gasteiger partial charge in [0.15, 0.2) is 23.1 Å². The molecule has 0 spiro atoms. The summed E-state index contributed by atoms with van der Waals surface area (Å²) in [5.74, 6) is -3.01. The zero-order valence-corrected chi connectivity index (χ0v) is 13.2. The molecule has 0 aromatic heterocycles. The summed E-state index contributed by atoms with van der Waals surface area (Å²) in [6, 6.07) is 7.81. The Kier molecular flexibility index (Phi) is 6.26. The maximum Gasteiger partial charge on any atom is 0.244 e. The summed E-state index contributed by atoms with van der Waals surface area (Å²) in [4.78, 5) is 13.0. The van der Waals surface area contributed by atoms with Crippen molar-refractivity contribution in [3.63, 3.8) is 0 Å². The van der Waals surface area contributed by atoms with Gasteiger partial charge >= 0.3 is 0 Å². The first-order valence-electron chi connectivity index (χ1n) is 7.49. The van der Waals surface area contributed by atoms with Crippen LogP contribution in [0.1, 0.15) is 17.5 Å². The normalized spacial score (nSPS) is 10.9. The molecule has 0 unspecified atom stereocenters. The van der Waals surface area contributed by atoms with Crippen molar-refractivity contribution in [3.8, 4) is 11.5 Å². The summed E-state index contributed by atoms with van der Waals surface area (Å²) in [6.45, 7) is 0.776. The van der Waals surface area contributed by atoms with Crippen LogP contribution in [0.3, 0.4) is 0 Å². The molecule has 0 aliphatic carbocycles. The van der Waals surface area contributed by atoms with E-state index in [1.165, 1.54) is 29.7 Å². The molecule has 0 bridgehead atoms. The number of aromatic hydroxyl groups is 2. The Morgan fingerprint density at radius 1 is 0.960 bits per heavy atom. The van der Waals surface area contributed by atoms with Crippen molar-refractivity contribution in [3.05, 3.63) is 59.2 Å². The van der Waals surface area contributed by atoms with Gasteiger partial charge in [0.05, 0.1) is 0 Å². The van der Waals surface area contributed by atoms with Crippen LogP contribution in [0.2, 0.25) is 0 Å². The van der Waals surface area contributed by atoms with Crippen molar-refractivity contribution in [2.75, 3.05) is 6.54 Å². The molecule has 0 saturated carbocycles. The molecular formula is C17H18F2N2O4. The number of hydrogen-bond donors (Lipinski definition) is 4. The van der Waals surface area contributed by atoms with Gasteiger partial charge in [-0.25, -0.2) is 14.3 Å². The van der Waals surface area contributed by atoms with Crippen LogP contribution >= 0.6 is 0 Å². The Morgan fingerprint density at radius 2 is 1.44 bits per heavy atom. The number of carbonyl (C=O) groups excluding carboxylic acids is 1. The molecule has 2 aromatic rings. The van der Waals surface area contributed by atoms with Crippen LogP contribution < -0.4 is 5.48 Å². The minimum absolute atomic E-state index is 0.00312. The first-order chi connectivity index (χ1) is 11.9. The number of phenols is 2. The number of hydrogen-bond acceptors (Lipinski definition) is 5. The number of nitrogens with one attached hydrogen (secondary N) is 1. The summed E-state index contributed by atoms with van der Waals surface area (Å²) in [6.07, 6.45) is -0.00312. The molecule has 0 heterocycles. The van der Waals surface area contributed by atoms with Crippen molar-refractivity contribution in [1.29, 1.82) is 0 Å². The lowest BCUT2D eigenvalue weighted by molar-refractivity contribution is -0.129. The van der Waals surface area contributed by atoms with E-state index in [9.17, 15) is 23.8 Å². The smallest absolute Gasteiger partial charge is 0.244 e. The summed E-state index contributed by atoms with van der Waals surface area (Å²) < 4.78 is 26.3. The summed E-state index contributed by atoms with van der Waals surface area (Å²) >= 11 is 0. The van der Waals surface area contributed by atoms with Gasteiger partial charge in [-0.1, -0.05) is 12.1 Å². The first kappa shape index (κ1) is 18.6. The highest BCUT2D eigenvalue weighted by Crippen LogP contribution is 2.21. The van der Waals surface area contributed by atoms with E-state index in [4.69, 9.17) is 5.21 Å². The largest absolute Gasteiger partial charge is 0.505 e. The Balaban J connectivity index is 2.14. The van der Waals surface area contributed by atoms with Gasteiger partial charge in [-0.3, -0.25) is 14.9 Å². The van der Waals surface area contributed by atoms with E-state index in [0.29, 0.717) is 11.1 Å². The van der Waals surface area contributed by atoms with Crippen LogP contribution in [0, 0.1) is 11.6 Å². The first-order valence-corrected chi connectivity index (χ1v) is 7.49. The fourth-order valence-corrected chi connectivity index (χ4v) is 2.36. The monoisotopic (exact) mass is 352 g/mol. The second-order valence-electron chi connectivity index (χ2n) is 5.57. The number of benzene rings is 2. The van der Waals surface area contributed by atoms with Crippen molar-refractivity contribution < 1.29 is 29.0 Å². The second-order valence-corrected chi connectivity index (χ2v) is 5.57. The Labute approximate surface area is 142 Å². The van der Waals surface area contributed by atoms with Gasteiger partial charge in [0.1, 0.15) is 0 Å². The lowest BCUT2D eigenvalue weighted by Crippen LogP contribution is -2.29. The maximum absolute atomic E-state index is 13.2. The highest BCUT2D eigenvalue weighted by atomic mass is 19.1. The fraction of sp³-hybridized carbons (Fsp3) is 0.235. The molecule has 0 aliphatic heterocycles. The van der Waals surface area contributed by atoms with E-state index in [1.807, 2.05) is 0 Å². The van der Waals surface area contributed by atoms with Crippen molar-refractivity contribution in [2.45, 2.75) is 19.5 Å². The van der Waals surface area contributed by atoms with Crippen LogP contribution in [0.5, 0.6) is 11.5 Å². The predicted octanol–water partition coefficient (Wildman–Crippen LogP) is 2.27. The lowest BCUT2D eigenvalue weighted by atomic mass is 10.1. The number of nitrogens with zero attached hydrogens (tertiary/aromatic N) is 1. The van der Waals surface area contributed by atoms with Crippen LogP contribution in [0.15, 0.2) is 36.4 Å². The van der Waals surface area contributed by atoms with E-state index in [2.05, 4.69) is 0 Å². The van der Waals surface area contributed by atoms with Gasteiger partial charge in [-0.15, -0.1) is 0 Å². The predicted molar refractivity (Wildman–Crippen MR) is 84.8 cm³/mol. The summed E-state index contributed by atoms with van der Waals surface area (Å²) in [5.41, 5.74) is 2.75. The van der Waals surface area contributed by atoms with Crippen LogP contribution in [0.25, 0.3) is 0 Å². The standard InChI is InChI=1S/C17H18F2N2O4/c18-13-3-1-11(7-15(13)22)9-21(6-5-17(24)20-25)10-12-2-4-14(19)16(23)8-12/h1-4,7-8,22-23,25H,5-6,9-10H2,(H,20,24). The van der Waals surface area contributed by atoms with Crippen molar-refractivity contribution >= 4 is 5.91 Å². The maximum atomic E-state index is 13.2. The minimum atomic E-state index is -0.738. The Bertz CT molecular complexity index is 702. The average molecular weight is 352 g/mol. The highest BCUT2D eigenvalue weighted by molar-refractivity contribution is 5.74. The molecule has 134 valence electrons. The molecule has 2 aromatic carbocycles. The van der Waals surface area contributed by atoms with Gasteiger partial charge in [-0.2, -0.15) is 0 Å². The van der Waals surface area contributed by atoms with Crippen LogP contribution in [0.4, 0.5) is 8.78 Å². The molecule has 6 nitrogen and oxygen atoms in total. The van der Waals surface area contributed by atoms with E-state index in [0.717, 1.165) is 12.1 Å². The van der Waals surface area contributed by atoms with E-state index < -0.39 is 29.0 Å². The summed E-state index contributed by atoms with van der Waals surface area (Å²) in [5, 5.41) is 27.5. The third-order valence-electron chi connectivity index (χ3n) is 3.61. The lowest BCUT2D eigenvalue weighted by Gasteiger charge is -2.22. The van der Waals surface area contributed by atoms with Crippen molar-refractivity contribution in [2.24, 2.45) is 0 Å². The molecule has 1 amide bonds. The molecule has 2 rings (SSSR count). The highest BCUT2D eigenvalue weighted by Gasteiger charge is 2.12. The molecule has 4 N–H and O–H groups in total. The summed E-state index contributed by atoms with van der Waals surface area (Å²) in [7, 11) is 0. The average Bonchev–Trinajstić information content (AvgIpc) is 2.59. The van der Waals surface area contributed by atoms with Gasteiger partial charge in [0.2, 0.25) is 5.91 Å². The van der Waals surface area contributed by atoms with E-state index in [1.54, 1.807) is 4.90 Å². The Hall–Kier alpha value is -2.71. The fourth-order valence-electron chi connectivity index (χ4n) is 2.36. The molecule has 0 atom stereocenters. The van der Waals surface area contributed by atoms with Gasteiger partial charge in [0, 0.05) is 26.1 Å². The SMILES string of the molecule is O=C(CCN(Cc1ccc(F)c(O)c1)Cc1ccc(F)c(O)c1)NO. The number of amides is 1. The molecule has 25 heavy (non-hydrogen) atoms. The third kappa shape index (κ3) is 5.40.